The van der Waals surface area contributed by atoms with Gasteiger partial charge in [-0.05, 0) is 48.5 Å². The number of carbonyl (C=O) groups excluding carboxylic acids is 4. The van der Waals surface area contributed by atoms with Gasteiger partial charge < -0.3 is 24.1 Å². The fourth-order valence-electron chi connectivity index (χ4n) is 3.36. The number of hydrazine groups is 1. The number of amides is 2. The molecular weight excluding hydrogens is 558 g/mol. The summed E-state index contributed by atoms with van der Waals surface area (Å²) in [5.41, 5.74) is 3.24. The highest BCUT2D eigenvalue weighted by Crippen LogP contribution is 2.19. The normalized spacial score (nSPS) is 11.7. The quantitative estimate of drug-likeness (QED) is 0.168. The minimum Gasteiger partial charge on any atom is -0.497 e. The largest absolute Gasteiger partial charge is 0.497 e. The first-order chi connectivity index (χ1) is 20.0. The average Bonchev–Trinajstić information content (AvgIpc) is 3.00. The monoisotopic (exact) mass is 581 g/mol. The lowest BCUT2D eigenvalue weighted by Gasteiger charge is -2.23. The molecule has 0 fully saturated rings. The smallest absolute Gasteiger partial charge is 0.349 e. The lowest BCUT2D eigenvalue weighted by Crippen LogP contribution is -2.54. The molecule has 3 aromatic carbocycles. The van der Waals surface area contributed by atoms with Crippen molar-refractivity contribution in [3.8, 4) is 11.5 Å². The lowest BCUT2D eigenvalue weighted by atomic mass is 10.1. The maximum absolute atomic E-state index is 13.1. The highest BCUT2D eigenvalue weighted by atomic mass is 16.6. The number of methoxy groups -OCH3 is 2. The molecule has 0 radical (unpaired) electrons. The van der Waals surface area contributed by atoms with Crippen LogP contribution in [0, 0.1) is 10.1 Å². The van der Waals surface area contributed by atoms with Crippen molar-refractivity contribution < 1.29 is 52.9 Å². The summed E-state index contributed by atoms with van der Waals surface area (Å²) >= 11 is 0. The number of hydrogen-bond acceptors (Lipinski definition) is 11. The standard InChI is InChI=1S/C27H23N3O12/c1-39-19-7-3-5-16(13-19)26(35)41-21(22(25(33)34)42-27(36)17-6-4-8-20(14-17)40-2)24(32)29-28-23(31)15-9-11-18(12-10-15)30(37)38/h3-14,21-22H,1-2H3,(H,28,31)(H,29,32)(H,33,34)/t21-,22-/m1/s1. The summed E-state index contributed by atoms with van der Waals surface area (Å²) in [7, 11) is 2.68. The number of nitro benzene ring substituents is 1. The van der Waals surface area contributed by atoms with Gasteiger partial charge in [-0.1, -0.05) is 12.1 Å². The number of ether oxygens (including phenoxy) is 4. The van der Waals surface area contributed by atoms with Crippen LogP contribution in [0.3, 0.4) is 0 Å². The molecule has 2 amide bonds. The Labute approximate surface area is 237 Å². The first kappa shape index (κ1) is 30.6. The molecule has 42 heavy (non-hydrogen) atoms. The van der Waals surface area contributed by atoms with E-state index in [4.69, 9.17) is 18.9 Å². The third-order valence-electron chi connectivity index (χ3n) is 5.50. The van der Waals surface area contributed by atoms with E-state index in [0.29, 0.717) is 0 Å². The Morgan fingerprint density at radius 3 is 1.69 bits per heavy atom. The van der Waals surface area contributed by atoms with Crippen molar-refractivity contribution in [2.24, 2.45) is 0 Å². The Morgan fingerprint density at radius 2 is 1.24 bits per heavy atom. The maximum atomic E-state index is 13.1. The van der Waals surface area contributed by atoms with Crippen LogP contribution in [0.5, 0.6) is 11.5 Å². The van der Waals surface area contributed by atoms with Crippen molar-refractivity contribution in [1.82, 2.24) is 10.9 Å². The van der Waals surface area contributed by atoms with E-state index in [1.165, 1.54) is 62.8 Å². The number of carboxylic acid groups (broad SMARTS) is 1. The fourth-order valence-corrected chi connectivity index (χ4v) is 3.36. The summed E-state index contributed by atoms with van der Waals surface area (Å²) in [6.07, 6.45) is -4.69. The second-order valence-corrected chi connectivity index (χ2v) is 8.20. The fraction of sp³-hybridized carbons (Fsp3) is 0.148. The Kier molecular flexibility index (Phi) is 10.1. The van der Waals surface area contributed by atoms with E-state index >= 15 is 0 Å². The number of esters is 2. The van der Waals surface area contributed by atoms with Crippen molar-refractivity contribution in [1.29, 1.82) is 0 Å². The van der Waals surface area contributed by atoms with Crippen LogP contribution >= 0.6 is 0 Å². The van der Waals surface area contributed by atoms with Crippen LogP contribution in [0.1, 0.15) is 31.1 Å². The lowest BCUT2D eigenvalue weighted by molar-refractivity contribution is -0.384. The van der Waals surface area contributed by atoms with Gasteiger partial charge in [-0.3, -0.25) is 30.6 Å². The molecule has 0 aliphatic rings. The molecule has 0 spiro atoms. The highest BCUT2D eigenvalue weighted by Gasteiger charge is 2.41. The number of nitrogens with zero attached hydrogens (tertiary/aromatic N) is 1. The molecule has 0 saturated heterocycles. The van der Waals surface area contributed by atoms with E-state index < -0.39 is 46.9 Å². The van der Waals surface area contributed by atoms with Crippen LogP contribution in [-0.4, -0.2) is 66.2 Å². The Bertz CT molecular complexity index is 1510. The molecule has 0 unspecified atom stereocenters. The molecule has 3 aromatic rings. The van der Waals surface area contributed by atoms with Gasteiger partial charge in [0.05, 0.1) is 30.3 Å². The maximum Gasteiger partial charge on any atom is 0.349 e. The van der Waals surface area contributed by atoms with Crippen LogP contribution in [0.25, 0.3) is 0 Å². The number of aliphatic carboxylic acids is 1. The van der Waals surface area contributed by atoms with Gasteiger partial charge >= 0.3 is 17.9 Å². The number of nitrogens with one attached hydrogen (secondary N) is 2. The van der Waals surface area contributed by atoms with Gasteiger partial charge in [-0.25, -0.2) is 14.4 Å². The molecule has 0 saturated carbocycles. The SMILES string of the molecule is COc1cccc(C(=O)O[C@@H](C(=O)O)[C@@H](OC(=O)c2cccc(OC)c2)C(=O)NNC(=O)c2ccc([N+](=O)[O-])cc2)c1. The van der Waals surface area contributed by atoms with Crippen molar-refractivity contribution in [3.63, 3.8) is 0 Å². The number of carbonyl (C=O) groups is 5. The van der Waals surface area contributed by atoms with Gasteiger partial charge in [0, 0.05) is 17.7 Å². The van der Waals surface area contributed by atoms with E-state index in [1.54, 1.807) is 0 Å². The van der Waals surface area contributed by atoms with Crippen LogP contribution in [0.2, 0.25) is 0 Å². The van der Waals surface area contributed by atoms with Crippen molar-refractivity contribution in [2.75, 3.05) is 14.2 Å². The first-order valence-corrected chi connectivity index (χ1v) is 11.8. The molecular formula is C27H23N3O12. The van der Waals surface area contributed by atoms with Gasteiger partial charge in [-0.15, -0.1) is 0 Å². The molecule has 3 N–H and O–H groups in total. The predicted octanol–water partition coefficient (Wildman–Crippen LogP) is 1.91. The van der Waals surface area contributed by atoms with E-state index in [9.17, 15) is 39.2 Å². The molecule has 0 heterocycles. The summed E-state index contributed by atoms with van der Waals surface area (Å²) in [5.74, 6) is -6.05. The number of hydrogen-bond donors (Lipinski definition) is 3. The summed E-state index contributed by atoms with van der Waals surface area (Å²) in [6, 6.07) is 15.3. The second kappa shape index (κ2) is 13.9. The van der Waals surface area contributed by atoms with E-state index in [0.717, 1.165) is 24.3 Å². The van der Waals surface area contributed by atoms with Gasteiger partial charge in [-0.2, -0.15) is 0 Å². The zero-order valence-electron chi connectivity index (χ0n) is 22.0. The Balaban J connectivity index is 1.86. The Morgan fingerprint density at radius 1 is 0.738 bits per heavy atom. The van der Waals surface area contributed by atoms with Crippen molar-refractivity contribution >= 4 is 35.4 Å². The summed E-state index contributed by atoms with van der Waals surface area (Å²) < 4.78 is 20.3. The van der Waals surface area contributed by atoms with Gasteiger partial charge in [0.1, 0.15) is 11.5 Å². The number of carboxylic acids is 1. The molecule has 15 heteroatoms. The third-order valence-corrected chi connectivity index (χ3v) is 5.50. The van der Waals surface area contributed by atoms with Crippen LogP contribution in [-0.2, 0) is 19.1 Å². The number of non-ortho nitro benzene ring substituents is 1. The molecule has 218 valence electrons. The highest BCUT2D eigenvalue weighted by molar-refractivity contribution is 5.99. The average molecular weight is 581 g/mol. The summed E-state index contributed by atoms with van der Waals surface area (Å²) in [4.78, 5) is 73.5. The first-order valence-electron chi connectivity index (χ1n) is 11.8. The molecule has 0 bridgehead atoms. The van der Waals surface area contributed by atoms with Gasteiger partial charge in [0.15, 0.2) is 0 Å². The number of rotatable bonds is 11. The van der Waals surface area contributed by atoms with Crippen LogP contribution < -0.4 is 20.3 Å². The van der Waals surface area contributed by atoms with Crippen LogP contribution in [0.4, 0.5) is 5.69 Å². The van der Waals surface area contributed by atoms with Crippen LogP contribution in [0.15, 0.2) is 72.8 Å². The Hall–Kier alpha value is -5.99. The minimum absolute atomic E-state index is 0.106. The number of benzene rings is 3. The topological polar surface area (TPSA) is 210 Å². The zero-order chi connectivity index (χ0) is 30.8. The van der Waals surface area contributed by atoms with Crippen molar-refractivity contribution in [3.05, 3.63) is 99.6 Å². The minimum atomic E-state index is -2.38. The third kappa shape index (κ3) is 7.78. The zero-order valence-corrected chi connectivity index (χ0v) is 22.0. The predicted molar refractivity (Wildman–Crippen MR) is 141 cm³/mol. The molecule has 15 nitrogen and oxygen atoms in total. The second-order valence-electron chi connectivity index (χ2n) is 8.20. The summed E-state index contributed by atoms with van der Waals surface area (Å²) in [6.45, 7) is 0. The van der Waals surface area contributed by atoms with E-state index in [2.05, 4.69) is 0 Å². The summed E-state index contributed by atoms with van der Waals surface area (Å²) in [5, 5.41) is 20.7. The molecule has 3 rings (SSSR count). The van der Waals surface area contributed by atoms with Gasteiger partial charge in [0.2, 0.25) is 12.2 Å². The molecule has 0 aliphatic carbocycles. The molecule has 0 aromatic heterocycles. The van der Waals surface area contributed by atoms with Crippen molar-refractivity contribution in [2.45, 2.75) is 12.2 Å². The molecule has 0 aliphatic heterocycles. The molecule has 2 atom stereocenters. The van der Waals surface area contributed by atoms with Gasteiger partial charge in [0.25, 0.3) is 17.5 Å². The van der Waals surface area contributed by atoms with E-state index in [1.807, 2.05) is 10.9 Å². The van der Waals surface area contributed by atoms with E-state index in [-0.39, 0.29) is 33.9 Å². The number of nitro groups is 1.